The van der Waals surface area contributed by atoms with E-state index >= 15 is 0 Å². The normalized spacial score (nSPS) is 11.9. The molecule has 0 saturated carbocycles. The van der Waals surface area contributed by atoms with Crippen LogP contribution in [0.1, 0.15) is 5.82 Å². The monoisotopic (exact) mass is 318 g/mol. The molecule has 0 spiro atoms. The smallest absolute Gasteiger partial charge is 0.155 e. The first-order valence-corrected chi connectivity index (χ1v) is 7.62. The second-order valence-electron chi connectivity index (χ2n) is 5.61. The van der Waals surface area contributed by atoms with E-state index in [1.165, 1.54) is 0 Å². The summed E-state index contributed by atoms with van der Waals surface area (Å²) in [4.78, 5) is 6.37. The lowest BCUT2D eigenvalue weighted by molar-refractivity contribution is 0.404. The number of aryl methyl sites for hydroxylation is 1. The Morgan fingerprint density at radius 2 is 1.83 bits per heavy atom. The molecule has 3 aromatic rings. The molecule has 0 aliphatic rings. The summed E-state index contributed by atoms with van der Waals surface area (Å²) < 4.78 is 1.83. The zero-order valence-corrected chi connectivity index (χ0v) is 13.6. The summed E-state index contributed by atoms with van der Waals surface area (Å²) in [5.74, 6) is 0.472. The molecule has 1 aromatic heterocycles. The molecule has 24 heavy (non-hydrogen) atoms. The predicted octanol–water partition coefficient (Wildman–Crippen LogP) is 3.50. The van der Waals surface area contributed by atoms with Crippen molar-refractivity contribution in [2.24, 2.45) is 7.05 Å². The fourth-order valence-corrected chi connectivity index (χ4v) is 2.69. The van der Waals surface area contributed by atoms with E-state index in [-0.39, 0.29) is 17.9 Å². The van der Waals surface area contributed by atoms with Crippen molar-refractivity contribution in [1.29, 1.82) is 5.26 Å². The Kier molecular flexibility index (Phi) is 4.21. The molecule has 0 aliphatic carbocycles. The average molecular weight is 318 g/mol. The number of rotatable bonds is 4. The number of fused-ring (bicyclic) bond motifs is 1. The summed E-state index contributed by atoms with van der Waals surface area (Å²) in [6.07, 6.45) is 0. The highest BCUT2D eigenvalue weighted by Crippen LogP contribution is 2.23. The lowest BCUT2D eigenvalue weighted by Gasteiger charge is -2.19. The van der Waals surface area contributed by atoms with Crippen molar-refractivity contribution in [3.8, 4) is 6.07 Å². The van der Waals surface area contributed by atoms with Crippen molar-refractivity contribution in [2.75, 3.05) is 18.5 Å². The number of hydrogen-bond donors (Lipinski definition) is 1. The van der Waals surface area contributed by atoms with E-state index in [1.54, 1.807) is 0 Å². The van der Waals surface area contributed by atoms with Gasteiger partial charge in [-0.1, -0.05) is 30.3 Å². The Bertz CT molecular complexity index is 935. The first-order valence-electron chi connectivity index (χ1n) is 7.62. The van der Waals surface area contributed by atoms with Gasteiger partial charge in [0.1, 0.15) is 17.4 Å². The Hall–Kier alpha value is -3.26. The maximum absolute atomic E-state index is 10.5. The van der Waals surface area contributed by atoms with Crippen molar-refractivity contribution >= 4 is 22.3 Å². The van der Waals surface area contributed by atoms with Crippen LogP contribution in [0.4, 0.5) is 5.69 Å². The highest BCUT2D eigenvalue weighted by Gasteiger charge is 2.17. The number of aromatic nitrogens is 2. The van der Waals surface area contributed by atoms with Crippen LogP contribution in [0.5, 0.6) is 0 Å². The van der Waals surface area contributed by atoms with Gasteiger partial charge in [0.15, 0.2) is 5.82 Å². The van der Waals surface area contributed by atoms with Crippen LogP contribution in [0, 0.1) is 11.3 Å². The van der Waals surface area contributed by atoms with E-state index in [4.69, 9.17) is 0 Å². The topological polar surface area (TPSA) is 65.1 Å². The second-order valence-corrected chi connectivity index (χ2v) is 5.61. The number of imidazole rings is 1. The SMILES string of the molecule is CN(CC(O)=C(C#N)c1nc2ccccc2n1C)c1ccccc1. The van der Waals surface area contributed by atoms with Gasteiger partial charge in [0.2, 0.25) is 0 Å². The molecule has 3 rings (SSSR count). The van der Waals surface area contributed by atoms with Gasteiger partial charge in [-0.05, 0) is 24.3 Å². The van der Waals surface area contributed by atoms with Gasteiger partial charge in [0.05, 0.1) is 17.6 Å². The molecule has 2 aromatic carbocycles. The minimum absolute atomic E-state index is 0.00209. The van der Waals surface area contributed by atoms with Crippen molar-refractivity contribution in [3.63, 3.8) is 0 Å². The maximum atomic E-state index is 10.5. The largest absolute Gasteiger partial charge is 0.509 e. The first kappa shape index (κ1) is 15.6. The summed E-state index contributed by atoms with van der Waals surface area (Å²) in [7, 11) is 3.71. The van der Waals surface area contributed by atoms with E-state index in [0.717, 1.165) is 16.7 Å². The molecule has 5 nitrogen and oxygen atoms in total. The van der Waals surface area contributed by atoms with Gasteiger partial charge in [0, 0.05) is 19.8 Å². The van der Waals surface area contributed by atoms with Crippen LogP contribution in [0.25, 0.3) is 16.6 Å². The zero-order chi connectivity index (χ0) is 17.1. The summed E-state index contributed by atoms with van der Waals surface area (Å²) >= 11 is 0. The molecular weight excluding hydrogens is 300 g/mol. The molecule has 0 radical (unpaired) electrons. The summed E-state index contributed by atoms with van der Waals surface area (Å²) in [6, 6.07) is 19.5. The number of hydrogen-bond acceptors (Lipinski definition) is 4. The molecule has 1 N–H and O–H groups in total. The van der Waals surface area contributed by atoms with Crippen molar-refractivity contribution in [3.05, 3.63) is 66.2 Å². The minimum atomic E-state index is 0.00209. The van der Waals surface area contributed by atoms with Crippen molar-refractivity contribution in [1.82, 2.24) is 9.55 Å². The van der Waals surface area contributed by atoms with Gasteiger partial charge in [-0.3, -0.25) is 0 Å². The van der Waals surface area contributed by atoms with Gasteiger partial charge >= 0.3 is 0 Å². The molecule has 5 heteroatoms. The highest BCUT2D eigenvalue weighted by atomic mass is 16.3. The maximum Gasteiger partial charge on any atom is 0.155 e. The number of nitriles is 1. The Balaban J connectivity index is 1.98. The van der Waals surface area contributed by atoms with Gasteiger partial charge in [-0.2, -0.15) is 5.26 Å². The van der Waals surface area contributed by atoms with Gasteiger partial charge in [0.25, 0.3) is 0 Å². The Morgan fingerprint density at radius 1 is 1.17 bits per heavy atom. The van der Waals surface area contributed by atoms with E-state index in [0.29, 0.717) is 5.82 Å². The standard InChI is InChI=1S/C19H18N4O/c1-22(14-8-4-3-5-9-14)13-18(24)15(12-20)19-21-16-10-6-7-11-17(16)23(19)2/h3-11,24H,13H2,1-2H3. The number of likely N-dealkylation sites (N-methyl/N-ethyl adjacent to an activating group) is 1. The van der Waals surface area contributed by atoms with E-state index in [9.17, 15) is 10.4 Å². The number of aliphatic hydroxyl groups excluding tert-OH is 1. The fourth-order valence-electron chi connectivity index (χ4n) is 2.69. The highest BCUT2D eigenvalue weighted by molar-refractivity contribution is 5.84. The van der Waals surface area contributed by atoms with Crippen LogP contribution >= 0.6 is 0 Å². The lowest BCUT2D eigenvalue weighted by Crippen LogP contribution is -2.21. The molecule has 0 amide bonds. The minimum Gasteiger partial charge on any atom is -0.509 e. The number of aliphatic hydroxyl groups is 1. The third kappa shape index (κ3) is 2.82. The molecule has 120 valence electrons. The van der Waals surface area contributed by atoms with Crippen LogP contribution in [-0.2, 0) is 7.05 Å². The van der Waals surface area contributed by atoms with Crippen LogP contribution in [0.15, 0.2) is 60.4 Å². The molecule has 0 aliphatic heterocycles. The predicted molar refractivity (Wildman–Crippen MR) is 95.6 cm³/mol. The Labute approximate surface area is 140 Å². The summed E-state index contributed by atoms with van der Waals surface area (Å²) in [5.41, 5.74) is 2.87. The van der Waals surface area contributed by atoms with E-state index < -0.39 is 0 Å². The molecule has 0 atom stereocenters. The van der Waals surface area contributed by atoms with Gasteiger partial charge in [-0.15, -0.1) is 0 Å². The van der Waals surface area contributed by atoms with Gasteiger partial charge < -0.3 is 14.6 Å². The molecular formula is C19H18N4O. The van der Waals surface area contributed by atoms with Crippen LogP contribution < -0.4 is 4.90 Å². The third-order valence-corrected chi connectivity index (χ3v) is 4.00. The first-order chi connectivity index (χ1) is 11.6. The average Bonchev–Trinajstić information content (AvgIpc) is 2.93. The van der Waals surface area contributed by atoms with Crippen LogP contribution in [-0.4, -0.2) is 28.3 Å². The zero-order valence-electron chi connectivity index (χ0n) is 13.6. The molecule has 0 unspecified atom stereocenters. The number of benzene rings is 2. The van der Waals surface area contributed by atoms with Crippen molar-refractivity contribution < 1.29 is 5.11 Å². The molecule has 1 heterocycles. The number of anilines is 1. The fraction of sp³-hybridized carbons (Fsp3) is 0.158. The van der Waals surface area contributed by atoms with E-state index in [2.05, 4.69) is 11.1 Å². The molecule has 0 fully saturated rings. The number of allylic oxidation sites excluding steroid dienone is 1. The lowest BCUT2D eigenvalue weighted by atomic mass is 10.2. The summed E-state index contributed by atoms with van der Waals surface area (Å²) in [6.45, 7) is 0.232. The van der Waals surface area contributed by atoms with Crippen molar-refractivity contribution in [2.45, 2.75) is 0 Å². The van der Waals surface area contributed by atoms with Crippen LogP contribution in [0.2, 0.25) is 0 Å². The molecule has 0 bridgehead atoms. The Morgan fingerprint density at radius 3 is 2.50 bits per heavy atom. The van der Waals surface area contributed by atoms with E-state index in [1.807, 2.05) is 78.2 Å². The second kappa shape index (κ2) is 6.47. The van der Waals surface area contributed by atoms with Crippen LogP contribution in [0.3, 0.4) is 0 Å². The number of nitrogens with zero attached hydrogens (tertiary/aromatic N) is 4. The quantitative estimate of drug-likeness (QED) is 0.590. The van der Waals surface area contributed by atoms with Gasteiger partial charge in [-0.25, -0.2) is 4.98 Å². The molecule has 0 saturated heterocycles. The summed E-state index contributed by atoms with van der Waals surface area (Å²) in [5, 5.41) is 20.0. The third-order valence-electron chi connectivity index (χ3n) is 4.00. The number of para-hydroxylation sites is 3.